The van der Waals surface area contributed by atoms with Crippen LogP contribution in [0.5, 0.6) is 11.5 Å². The zero-order valence-electron chi connectivity index (χ0n) is 20.9. The molecule has 0 fully saturated rings. The summed E-state index contributed by atoms with van der Waals surface area (Å²) in [5.41, 5.74) is 1.63. The summed E-state index contributed by atoms with van der Waals surface area (Å²) in [5, 5.41) is 3.00. The van der Waals surface area contributed by atoms with Crippen molar-refractivity contribution in [1.82, 2.24) is 5.32 Å². The van der Waals surface area contributed by atoms with E-state index in [0.29, 0.717) is 24.6 Å². The number of carbonyl (C=O) groups excluding carboxylic acids is 1. The van der Waals surface area contributed by atoms with Crippen LogP contribution in [0.3, 0.4) is 0 Å². The lowest BCUT2D eigenvalue weighted by Crippen LogP contribution is -2.42. The first-order valence-corrected chi connectivity index (χ1v) is 12.8. The number of aryl methyl sites for hydroxylation is 1. The van der Waals surface area contributed by atoms with Crippen LogP contribution < -0.4 is 19.4 Å². The lowest BCUT2D eigenvalue weighted by molar-refractivity contribution is -0.695. The summed E-state index contributed by atoms with van der Waals surface area (Å²) in [4.78, 5) is 12.6. The van der Waals surface area contributed by atoms with Crippen LogP contribution in [-0.4, -0.2) is 19.6 Å². The molecule has 33 heavy (non-hydrogen) atoms. The Morgan fingerprint density at radius 2 is 1.58 bits per heavy atom. The second-order valence-corrected chi connectivity index (χ2v) is 8.57. The largest absolute Gasteiger partial charge is 0.493 e. The van der Waals surface area contributed by atoms with E-state index in [1.165, 1.54) is 57.8 Å². The van der Waals surface area contributed by atoms with Crippen LogP contribution in [-0.2, 0) is 13.1 Å². The lowest BCUT2D eigenvalue weighted by atomic mass is 10.1. The van der Waals surface area contributed by atoms with Gasteiger partial charge in [0.05, 0.1) is 13.7 Å². The van der Waals surface area contributed by atoms with E-state index in [4.69, 9.17) is 9.47 Å². The number of nitrogens with one attached hydrogen (secondary N) is 1. The Morgan fingerprint density at radius 3 is 2.24 bits per heavy atom. The van der Waals surface area contributed by atoms with Gasteiger partial charge in [0.15, 0.2) is 17.7 Å². The number of nitrogens with zero attached hydrogens (tertiary/aromatic N) is 1. The fraction of sp³-hybridized carbons (Fsp3) is 0.571. The van der Waals surface area contributed by atoms with E-state index < -0.39 is 0 Å². The molecular formula is C28H43N2O3+. The smallest absolute Gasteiger partial charge is 0.316 e. The summed E-state index contributed by atoms with van der Waals surface area (Å²) < 4.78 is 13.4. The molecule has 0 atom stereocenters. The highest BCUT2D eigenvalue weighted by atomic mass is 16.5. The molecule has 0 aliphatic heterocycles. The Balaban J connectivity index is 1.70. The van der Waals surface area contributed by atoms with Gasteiger partial charge < -0.3 is 14.8 Å². The first-order valence-electron chi connectivity index (χ1n) is 12.8. The Bertz CT molecular complexity index is 823. The van der Waals surface area contributed by atoms with Crippen LogP contribution in [0.2, 0.25) is 0 Å². The van der Waals surface area contributed by atoms with E-state index in [1.807, 2.05) is 54.1 Å². The van der Waals surface area contributed by atoms with Gasteiger partial charge in [-0.15, -0.1) is 0 Å². The van der Waals surface area contributed by atoms with E-state index in [9.17, 15) is 4.79 Å². The third-order valence-electron chi connectivity index (χ3n) is 5.95. The molecule has 0 radical (unpaired) electrons. The molecule has 2 aromatic rings. The molecule has 0 aliphatic carbocycles. The number of amides is 1. The molecule has 1 aromatic heterocycles. The molecule has 1 aromatic carbocycles. The molecule has 0 saturated carbocycles. The molecule has 0 saturated heterocycles. The van der Waals surface area contributed by atoms with Crippen molar-refractivity contribution in [2.75, 3.05) is 13.7 Å². The molecule has 0 bridgehead atoms. The molecule has 1 amide bonds. The summed E-state index contributed by atoms with van der Waals surface area (Å²) in [6.07, 6.45) is 15.0. The van der Waals surface area contributed by atoms with E-state index in [1.54, 1.807) is 7.11 Å². The Kier molecular flexibility index (Phi) is 13.0. The van der Waals surface area contributed by atoms with Crippen LogP contribution >= 0.6 is 0 Å². The fourth-order valence-electron chi connectivity index (χ4n) is 3.94. The average molecular weight is 456 g/mol. The quantitative estimate of drug-likeness (QED) is 0.227. The first kappa shape index (κ1) is 26.7. The minimum atomic E-state index is -0.0855. The third-order valence-corrected chi connectivity index (χ3v) is 5.95. The van der Waals surface area contributed by atoms with Gasteiger partial charge in [0.1, 0.15) is 6.54 Å². The second kappa shape index (κ2) is 16.1. The minimum Gasteiger partial charge on any atom is -0.493 e. The Labute approximate surface area is 200 Å². The van der Waals surface area contributed by atoms with Gasteiger partial charge in [-0.2, -0.15) is 4.57 Å². The molecule has 2 rings (SSSR count). The van der Waals surface area contributed by atoms with Crippen LogP contribution in [0.15, 0.2) is 42.6 Å². The number of carbonyl (C=O) groups is 1. The van der Waals surface area contributed by atoms with Crippen molar-refractivity contribution >= 4 is 5.91 Å². The number of unbranched alkanes of at least 4 members (excludes halogenated alkanes) is 9. The number of benzene rings is 1. The molecule has 1 N–H and O–H groups in total. The monoisotopic (exact) mass is 455 g/mol. The number of pyridine rings is 1. The van der Waals surface area contributed by atoms with Gasteiger partial charge >= 0.3 is 5.91 Å². The van der Waals surface area contributed by atoms with E-state index in [0.717, 1.165) is 24.3 Å². The summed E-state index contributed by atoms with van der Waals surface area (Å²) in [6.45, 7) is 6.18. The summed E-state index contributed by atoms with van der Waals surface area (Å²) in [7, 11) is 1.65. The third kappa shape index (κ3) is 9.85. The second-order valence-electron chi connectivity index (χ2n) is 8.57. The zero-order chi connectivity index (χ0) is 23.7. The van der Waals surface area contributed by atoms with Gasteiger partial charge in [0.2, 0.25) is 0 Å². The lowest BCUT2D eigenvalue weighted by Gasteiger charge is -2.12. The minimum absolute atomic E-state index is 0.0855. The van der Waals surface area contributed by atoms with Crippen LogP contribution in [0.1, 0.15) is 94.1 Å². The maximum Gasteiger partial charge on any atom is 0.316 e. The van der Waals surface area contributed by atoms with E-state index in [2.05, 4.69) is 12.2 Å². The first-order chi connectivity index (χ1) is 16.2. The number of hydrogen-bond donors (Lipinski definition) is 1. The molecule has 182 valence electrons. The SMILES string of the molecule is CCCCCCCCCCCCOc1ccc(CNC(=O)c2cccc[n+]2CC)cc1OC. The molecule has 0 spiro atoms. The Hall–Kier alpha value is -2.56. The predicted molar refractivity (Wildman–Crippen MR) is 134 cm³/mol. The van der Waals surface area contributed by atoms with Gasteiger partial charge in [-0.3, -0.25) is 4.79 Å². The maximum absolute atomic E-state index is 12.6. The average Bonchev–Trinajstić information content (AvgIpc) is 2.86. The van der Waals surface area contributed by atoms with Gasteiger partial charge in [0.25, 0.3) is 5.69 Å². The number of ether oxygens (including phenoxy) is 2. The highest BCUT2D eigenvalue weighted by Crippen LogP contribution is 2.28. The van der Waals surface area contributed by atoms with Crippen molar-refractivity contribution < 1.29 is 18.8 Å². The van der Waals surface area contributed by atoms with E-state index >= 15 is 0 Å². The maximum atomic E-state index is 12.6. The van der Waals surface area contributed by atoms with Crippen molar-refractivity contribution in [3.05, 3.63) is 53.9 Å². The highest BCUT2D eigenvalue weighted by molar-refractivity contribution is 5.90. The number of hydrogen-bond acceptors (Lipinski definition) is 3. The summed E-state index contributed by atoms with van der Waals surface area (Å²) in [5.74, 6) is 1.38. The normalized spacial score (nSPS) is 10.8. The van der Waals surface area contributed by atoms with Gasteiger partial charge in [-0.05, 0) is 37.1 Å². The van der Waals surface area contributed by atoms with Crippen LogP contribution in [0.4, 0.5) is 0 Å². The van der Waals surface area contributed by atoms with Gasteiger partial charge in [-0.25, -0.2) is 0 Å². The van der Waals surface area contributed by atoms with Crippen molar-refractivity contribution in [3.63, 3.8) is 0 Å². The van der Waals surface area contributed by atoms with Crippen molar-refractivity contribution in [3.8, 4) is 11.5 Å². The number of aromatic nitrogens is 1. The zero-order valence-corrected chi connectivity index (χ0v) is 20.9. The fourth-order valence-corrected chi connectivity index (χ4v) is 3.94. The standard InChI is InChI=1S/C28H42N2O3/c1-4-6-7-8-9-10-11-12-13-16-21-33-26-19-18-24(22-27(26)32-3)23-29-28(31)25-17-14-15-20-30(25)5-2/h14-15,17-20,22H,4-13,16,21,23H2,1-3H3/p+1. The van der Waals surface area contributed by atoms with E-state index in [-0.39, 0.29) is 5.91 Å². The highest BCUT2D eigenvalue weighted by Gasteiger charge is 2.17. The topological polar surface area (TPSA) is 51.4 Å². The molecule has 5 nitrogen and oxygen atoms in total. The van der Waals surface area contributed by atoms with Crippen molar-refractivity contribution in [1.29, 1.82) is 0 Å². The molecule has 0 aliphatic rings. The number of rotatable bonds is 17. The molecule has 5 heteroatoms. The summed E-state index contributed by atoms with van der Waals surface area (Å²) >= 11 is 0. The van der Waals surface area contributed by atoms with Crippen molar-refractivity contribution in [2.24, 2.45) is 0 Å². The molecule has 1 heterocycles. The molecular weight excluding hydrogens is 412 g/mol. The Morgan fingerprint density at radius 1 is 0.879 bits per heavy atom. The van der Waals surface area contributed by atoms with Crippen LogP contribution in [0.25, 0.3) is 0 Å². The number of methoxy groups -OCH3 is 1. The van der Waals surface area contributed by atoms with Gasteiger partial charge in [-0.1, -0.05) is 70.8 Å². The van der Waals surface area contributed by atoms with Crippen molar-refractivity contribution in [2.45, 2.75) is 91.1 Å². The predicted octanol–water partition coefficient (Wildman–Crippen LogP) is 6.23. The molecule has 0 unspecified atom stereocenters. The van der Waals surface area contributed by atoms with Crippen LogP contribution in [0, 0.1) is 0 Å². The summed E-state index contributed by atoms with van der Waals surface area (Å²) in [6, 6.07) is 11.5. The van der Waals surface area contributed by atoms with Gasteiger partial charge in [0, 0.05) is 18.7 Å².